The lowest BCUT2D eigenvalue weighted by Gasteiger charge is -2.02. The second-order valence-electron chi connectivity index (χ2n) is 5.36. The van der Waals surface area contributed by atoms with Crippen molar-refractivity contribution < 1.29 is 8.53 Å². The summed E-state index contributed by atoms with van der Waals surface area (Å²) in [6.45, 7) is -2.26. The van der Waals surface area contributed by atoms with Crippen LogP contribution in [0, 0.1) is 6.85 Å². The van der Waals surface area contributed by atoms with Gasteiger partial charge in [0.1, 0.15) is 5.58 Å². The van der Waals surface area contributed by atoms with Gasteiger partial charge in [-0.3, -0.25) is 4.98 Å². The number of furan rings is 1. The Morgan fingerprint density at radius 1 is 1.13 bits per heavy atom. The number of pyridine rings is 2. The molecular weight excluding hydrogens is 304 g/mol. The topological polar surface area (TPSA) is 38.9 Å². The number of para-hydroxylation sites is 1. The van der Waals surface area contributed by atoms with Crippen molar-refractivity contribution in [2.75, 3.05) is 0 Å². The Bertz CT molecular complexity index is 1290. The normalized spacial score (nSPS) is 14.2. The van der Waals surface area contributed by atoms with Gasteiger partial charge in [-0.25, -0.2) is 4.98 Å². The predicted octanol–water partition coefficient (Wildman–Crippen LogP) is 5.57. The number of rotatable bonds is 1. The molecule has 3 nitrogen and oxygen atoms in total. The zero-order valence-electron chi connectivity index (χ0n) is 14.9. The molecule has 0 amide bonds. The van der Waals surface area contributed by atoms with Crippen LogP contribution in [-0.2, 0) is 0 Å². The molecule has 1 aromatic carbocycles. The van der Waals surface area contributed by atoms with E-state index in [1.54, 1.807) is 17.4 Å². The predicted molar refractivity (Wildman–Crippen MR) is 94.9 cm³/mol. The van der Waals surface area contributed by atoms with Gasteiger partial charge in [0, 0.05) is 42.4 Å². The lowest BCUT2D eigenvalue weighted by atomic mass is 10.1. The number of aryl methyl sites for hydroxylation is 1. The summed E-state index contributed by atoms with van der Waals surface area (Å²) in [6.07, 6.45) is 1.85. The molecule has 0 unspecified atom stereocenters. The van der Waals surface area contributed by atoms with Crippen molar-refractivity contribution in [2.24, 2.45) is 0 Å². The first kappa shape index (κ1) is 10.1. The number of thiophene rings is 1. The van der Waals surface area contributed by atoms with Crippen LogP contribution in [0.15, 0.2) is 58.5 Å². The molecule has 0 spiro atoms. The number of hydrogen-bond acceptors (Lipinski definition) is 4. The number of fused-ring (bicyclic) bond motifs is 4. The van der Waals surface area contributed by atoms with Crippen LogP contribution >= 0.6 is 11.3 Å². The number of benzene rings is 1. The minimum Gasteiger partial charge on any atom is -0.437 e. The molecule has 0 saturated carbocycles. The van der Waals surface area contributed by atoms with E-state index in [0.29, 0.717) is 11.3 Å². The van der Waals surface area contributed by atoms with Gasteiger partial charge in [0.2, 0.25) is 5.71 Å². The van der Waals surface area contributed by atoms with Gasteiger partial charge in [0.15, 0.2) is 0 Å². The van der Waals surface area contributed by atoms with Crippen LogP contribution in [0.3, 0.4) is 0 Å². The zero-order valence-corrected chi connectivity index (χ0v) is 12.7. The second kappa shape index (κ2) is 4.64. The first-order valence-corrected chi connectivity index (χ1v) is 8.05. The van der Waals surface area contributed by atoms with E-state index < -0.39 is 6.85 Å². The minimum atomic E-state index is -2.26. The van der Waals surface area contributed by atoms with Gasteiger partial charge < -0.3 is 4.42 Å². The summed E-state index contributed by atoms with van der Waals surface area (Å²) in [5.41, 5.74) is 2.72. The maximum Gasteiger partial charge on any atom is 0.227 e. The number of aromatic nitrogens is 2. The first-order chi connectivity index (χ1) is 12.5. The molecule has 4 heterocycles. The number of hydrogen-bond donors (Lipinski definition) is 0. The molecule has 5 aromatic rings. The molecule has 110 valence electrons. The lowest BCUT2D eigenvalue weighted by molar-refractivity contribution is 0.653. The third kappa shape index (κ3) is 1.88. The SMILES string of the molecule is [2H]C([2H])([2H])c1ccc2c(n1)oc1c(-c3cc4sccc4cn3)cccc12. The van der Waals surface area contributed by atoms with E-state index >= 15 is 0 Å². The fraction of sp³-hybridized carbons (Fsp3) is 0.0526. The highest BCUT2D eigenvalue weighted by atomic mass is 32.1. The molecule has 0 saturated heterocycles. The average molecular weight is 319 g/mol. The highest BCUT2D eigenvalue weighted by Crippen LogP contribution is 2.35. The van der Waals surface area contributed by atoms with Crippen LogP contribution in [-0.4, -0.2) is 9.97 Å². The molecular formula is C19H12N2OS. The highest BCUT2D eigenvalue weighted by molar-refractivity contribution is 7.17. The molecule has 0 radical (unpaired) electrons. The van der Waals surface area contributed by atoms with Gasteiger partial charge >= 0.3 is 0 Å². The van der Waals surface area contributed by atoms with Crippen LogP contribution in [0.4, 0.5) is 0 Å². The minimum absolute atomic E-state index is 0.0312. The molecule has 0 atom stereocenters. The lowest BCUT2D eigenvalue weighted by Crippen LogP contribution is -1.83. The van der Waals surface area contributed by atoms with Crippen molar-refractivity contribution in [1.29, 1.82) is 0 Å². The van der Waals surface area contributed by atoms with Crippen molar-refractivity contribution in [2.45, 2.75) is 6.85 Å². The largest absolute Gasteiger partial charge is 0.437 e. The van der Waals surface area contributed by atoms with Crippen molar-refractivity contribution in [3.63, 3.8) is 0 Å². The Kier molecular flexibility index (Phi) is 2.04. The van der Waals surface area contributed by atoms with E-state index in [1.807, 2.05) is 41.9 Å². The molecule has 4 heteroatoms. The molecule has 23 heavy (non-hydrogen) atoms. The van der Waals surface area contributed by atoms with Gasteiger partial charge in [-0.15, -0.1) is 11.3 Å². The van der Waals surface area contributed by atoms with Gasteiger partial charge in [0.05, 0.1) is 5.69 Å². The summed E-state index contributed by atoms with van der Waals surface area (Å²) in [5.74, 6) is 0. The number of nitrogens with zero attached hydrogens (tertiary/aromatic N) is 2. The van der Waals surface area contributed by atoms with Crippen LogP contribution in [0.1, 0.15) is 9.81 Å². The average Bonchev–Trinajstić information content (AvgIpc) is 3.23. The summed E-state index contributed by atoms with van der Waals surface area (Å²) in [6, 6.07) is 13.2. The Labute approximate surface area is 140 Å². The van der Waals surface area contributed by atoms with Gasteiger partial charge in [0.25, 0.3) is 0 Å². The van der Waals surface area contributed by atoms with Crippen molar-refractivity contribution in [1.82, 2.24) is 9.97 Å². The van der Waals surface area contributed by atoms with Gasteiger partial charge in [-0.2, -0.15) is 0 Å². The molecule has 0 aliphatic carbocycles. The van der Waals surface area contributed by atoms with Crippen molar-refractivity contribution >= 4 is 43.5 Å². The Hall–Kier alpha value is -2.72. The summed E-state index contributed by atoms with van der Waals surface area (Å²) in [7, 11) is 0. The van der Waals surface area contributed by atoms with Crippen LogP contribution < -0.4 is 0 Å². The van der Waals surface area contributed by atoms with Gasteiger partial charge in [-0.05, 0) is 42.6 Å². The van der Waals surface area contributed by atoms with E-state index in [-0.39, 0.29) is 5.69 Å². The third-order valence-corrected chi connectivity index (χ3v) is 4.86. The maximum atomic E-state index is 7.54. The Morgan fingerprint density at radius 2 is 2.13 bits per heavy atom. The highest BCUT2D eigenvalue weighted by Gasteiger charge is 2.14. The van der Waals surface area contributed by atoms with Crippen LogP contribution in [0.5, 0.6) is 0 Å². The van der Waals surface area contributed by atoms with Gasteiger partial charge in [-0.1, -0.05) is 12.1 Å². The maximum absolute atomic E-state index is 7.54. The molecule has 0 fully saturated rings. The fourth-order valence-electron chi connectivity index (χ4n) is 2.88. The Morgan fingerprint density at radius 3 is 3.09 bits per heavy atom. The van der Waals surface area contributed by atoms with E-state index in [1.165, 1.54) is 6.07 Å². The fourth-order valence-corrected chi connectivity index (χ4v) is 3.68. The standard InChI is InChI=1S/C19H12N2OS/c1-11-5-6-14-13-3-2-4-15(18(13)22-19(14)21-11)16-9-17-12(10-20-16)7-8-23-17/h2-10H,1H3/i1D3. The zero-order chi connectivity index (χ0) is 17.9. The van der Waals surface area contributed by atoms with Crippen LogP contribution in [0.2, 0.25) is 0 Å². The van der Waals surface area contributed by atoms with E-state index in [9.17, 15) is 0 Å². The summed E-state index contributed by atoms with van der Waals surface area (Å²) in [5, 5.41) is 4.85. The molecule has 0 aliphatic heterocycles. The molecule has 0 bridgehead atoms. The van der Waals surface area contributed by atoms with E-state index in [2.05, 4.69) is 9.97 Å². The summed E-state index contributed by atoms with van der Waals surface area (Å²) >= 11 is 1.67. The molecule has 5 rings (SSSR count). The summed E-state index contributed by atoms with van der Waals surface area (Å²) < 4.78 is 29.8. The van der Waals surface area contributed by atoms with E-state index in [4.69, 9.17) is 8.53 Å². The Balaban J connectivity index is 1.78. The van der Waals surface area contributed by atoms with Crippen molar-refractivity contribution in [3.05, 3.63) is 59.7 Å². The smallest absolute Gasteiger partial charge is 0.227 e. The molecule has 4 aromatic heterocycles. The van der Waals surface area contributed by atoms with E-state index in [0.717, 1.165) is 32.1 Å². The first-order valence-electron chi connectivity index (χ1n) is 8.67. The molecule has 0 N–H and O–H groups in total. The van der Waals surface area contributed by atoms with Crippen LogP contribution in [0.25, 0.3) is 43.4 Å². The second-order valence-corrected chi connectivity index (χ2v) is 6.31. The molecule has 0 aliphatic rings. The third-order valence-electron chi connectivity index (χ3n) is 3.98. The summed E-state index contributed by atoms with van der Waals surface area (Å²) in [4.78, 5) is 8.78. The monoisotopic (exact) mass is 319 g/mol. The quantitative estimate of drug-likeness (QED) is 0.405. The van der Waals surface area contributed by atoms with Crippen molar-refractivity contribution in [3.8, 4) is 11.3 Å².